The first-order chi connectivity index (χ1) is 9.89. The molecule has 3 N–H and O–H groups in total. The normalized spacial score (nSPS) is 21.8. The Morgan fingerprint density at radius 3 is 2.50 bits per heavy atom. The largest absolute Gasteiger partial charge is 0.508 e. The number of hydrogen-bond donors (Lipinski definition) is 3. The van der Waals surface area contributed by atoms with Crippen LogP contribution in [-0.4, -0.2) is 21.1 Å². The van der Waals surface area contributed by atoms with Gasteiger partial charge in [-0.3, -0.25) is 4.79 Å². The highest BCUT2D eigenvalue weighted by molar-refractivity contribution is 6.02. The lowest BCUT2D eigenvalue weighted by Crippen LogP contribution is -2.20. The Labute approximate surface area is 116 Å². The van der Waals surface area contributed by atoms with Gasteiger partial charge in [0.05, 0.1) is 7.79 Å². The molecule has 0 saturated heterocycles. The van der Waals surface area contributed by atoms with Crippen LogP contribution >= 0.6 is 0 Å². The summed E-state index contributed by atoms with van der Waals surface area (Å²) in [5.41, 5.74) is 0.358. The summed E-state index contributed by atoms with van der Waals surface area (Å²) in [6.07, 6.45) is -1.94. The SMILES string of the molecule is [2H]C1(c2ccc(O)cc2)CC(=O)c2c(O)cc(O)cc2O1. The molecule has 0 amide bonds. The summed E-state index contributed by atoms with van der Waals surface area (Å²) >= 11 is 0. The molecular formula is C15H12O5. The fraction of sp³-hybridized carbons (Fsp3) is 0.133. The number of phenols is 3. The zero-order valence-electron chi connectivity index (χ0n) is 11.3. The van der Waals surface area contributed by atoms with E-state index in [4.69, 9.17) is 6.11 Å². The van der Waals surface area contributed by atoms with Crippen molar-refractivity contribution >= 4 is 5.78 Å². The molecule has 20 heavy (non-hydrogen) atoms. The first kappa shape index (κ1) is 11.2. The Hall–Kier alpha value is -2.69. The van der Waals surface area contributed by atoms with Crippen LogP contribution in [0.1, 0.15) is 29.8 Å². The Morgan fingerprint density at radius 2 is 1.80 bits per heavy atom. The Balaban J connectivity index is 2.09. The summed E-state index contributed by atoms with van der Waals surface area (Å²) in [5, 5.41) is 28.5. The van der Waals surface area contributed by atoms with Crippen molar-refractivity contribution in [2.24, 2.45) is 0 Å². The van der Waals surface area contributed by atoms with Crippen molar-refractivity contribution in [2.45, 2.75) is 12.5 Å². The van der Waals surface area contributed by atoms with Crippen LogP contribution in [0.25, 0.3) is 0 Å². The maximum atomic E-state index is 12.2. The number of carbonyl (C=O) groups excluding carboxylic acids is 1. The number of rotatable bonds is 1. The highest BCUT2D eigenvalue weighted by atomic mass is 16.5. The van der Waals surface area contributed by atoms with E-state index in [-0.39, 0.29) is 35.0 Å². The van der Waals surface area contributed by atoms with Gasteiger partial charge in [0.25, 0.3) is 0 Å². The molecule has 1 aliphatic heterocycles. The van der Waals surface area contributed by atoms with E-state index < -0.39 is 11.9 Å². The van der Waals surface area contributed by atoms with E-state index in [1.807, 2.05) is 0 Å². The average Bonchev–Trinajstić information content (AvgIpc) is 2.37. The van der Waals surface area contributed by atoms with Crippen LogP contribution in [0.5, 0.6) is 23.0 Å². The van der Waals surface area contributed by atoms with Gasteiger partial charge >= 0.3 is 0 Å². The van der Waals surface area contributed by atoms with E-state index >= 15 is 0 Å². The highest BCUT2D eigenvalue weighted by Gasteiger charge is 2.30. The third-order valence-electron chi connectivity index (χ3n) is 3.09. The van der Waals surface area contributed by atoms with Crippen LogP contribution in [0.4, 0.5) is 0 Å². The first-order valence-corrected chi connectivity index (χ1v) is 5.97. The van der Waals surface area contributed by atoms with E-state index in [1.54, 1.807) is 0 Å². The van der Waals surface area contributed by atoms with Gasteiger partial charge in [-0.2, -0.15) is 0 Å². The van der Waals surface area contributed by atoms with Gasteiger partial charge in [0.15, 0.2) is 5.78 Å². The second-order valence-electron chi connectivity index (χ2n) is 4.51. The Kier molecular flexibility index (Phi) is 2.48. The molecule has 3 rings (SSSR count). The van der Waals surface area contributed by atoms with Gasteiger partial charge in [-0.25, -0.2) is 0 Å². The van der Waals surface area contributed by atoms with Gasteiger partial charge < -0.3 is 20.1 Å². The van der Waals surface area contributed by atoms with Gasteiger partial charge in [0, 0.05) is 12.1 Å². The number of ether oxygens (including phenoxy) is 1. The lowest BCUT2D eigenvalue weighted by Gasteiger charge is -2.26. The summed E-state index contributed by atoms with van der Waals surface area (Å²) in [7, 11) is 0. The zero-order valence-corrected chi connectivity index (χ0v) is 10.3. The van der Waals surface area contributed by atoms with Crippen molar-refractivity contribution in [2.75, 3.05) is 0 Å². The molecule has 0 radical (unpaired) electrons. The van der Waals surface area contributed by atoms with Crippen LogP contribution < -0.4 is 4.74 Å². The van der Waals surface area contributed by atoms with Crippen molar-refractivity contribution in [1.29, 1.82) is 0 Å². The molecule has 1 aliphatic rings. The van der Waals surface area contributed by atoms with Gasteiger partial charge in [0.1, 0.15) is 34.6 Å². The number of fused-ring (bicyclic) bond motifs is 1. The second-order valence-corrected chi connectivity index (χ2v) is 4.51. The highest BCUT2D eigenvalue weighted by Crippen LogP contribution is 2.41. The fourth-order valence-electron chi connectivity index (χ4n) is 2.16. The van der Waals surface area contributed by atoms with Crippen LogP contribution in [0, 0.1) is 0 Å². The van der Waals surface area contributed by atoms with Gasteiger partial charge in [-0.1, -0.05) is 12.1 Å². The first-order valence-electron chi connectivity index (χ1n) is 6.47. The molecule has 0 fully saturated rings. The standard InChI is InChI=1S/C15H12O5/c16-9-3-1-8(2-4-9)13-7-12(19)15-11(18)5-10(17)6-14(15)20-13/h1-6,13,16-18H,7H2/i13D. The molecular weight excluding hydrogens is 260 g/mol. The molecule has 1 heterocycles. The van der Waals surface area contributed by atoms with Crippen molar-refractivity contribution in [1.82, 2.24) is 0 Å². The van der Waals surface area contributed by atoms with Crippen LogP contribution in [0.2, 0.25) is 0 Å². The summed E-state index contributed by atoms with van der Waals surface area (Å²) in [6.45, 7) is 0. The summed E-state index contributed by atoms with van der Waals surface area (Å²) in [6, 6.07) is 8.02. The lowest BCUT2D eigenvalue weighted by molar-refractivity contribution is 0.0845. The summed E-state index contributed by atoms with van der Waals surface area (Å²) in [4.78, 5) is 12.2. The van der Waals surface area contributed by atoms with Crippen molar-refractivity contribution in [3.05, 3.63) is 47.5 Å². The predicted octanol–water partition coefficient (Wildman–Crippen LogP) is 2.51. The minimum absolute atomic E-state index is 0.0329. The minimum atomic E-state index is -1.67. The summed E-state index contributed by atoms with van der Waals surface area (Å²) in [5.74, 6) is -1.07. The smallest absolute Gasteiger partial charge is 0.174 e. The molecule has 1 unspecified atom stereocenters. The van der Waals surface area contributed by atoms with Crippen LogP contribution in [0.15, 0.2) is 36.4 Å². The number of carbonyl (C=O) groups is 1. The number of Topliss-reactive ketones (excluding diaryl/α,β-unsaturated/α-hetero) is 1. The molecule has 0 saturated carbocycles. The number of benzene rings is 2. The third-order valence-corrected chi connectivity index (χ3v) is 3.09. The van der Waals surface area contributed by atoms with E-state index in [0.29, 0.717) is 5.56 Å². The molecule has 0 spiro atoms. The van der Waals surface area contributed by atoms with Crippen molar-refractivity contribution in [3.63, 3.8) is 0 Å². The van der Waals surface area contributed by atoms with Gasteiger partial charge in [0.2, 0.25) is 0 Å². The molecule has 0 bridgehead atoms. The number of aromatic hydroxyl groups is 3. The second kappa shape index (κ2) is 4.45. The van der Waals surface area contributed by atoms with E-state index in [1.165, 1.54) is 30.3 Å². The van der Waals surface area contributed by atoms with Crippen LogP contribution in [-0.2, 0) is 0 Å². The average molecular weight is 273 g/mol. The Morgan fingerprint density at radius 1 is 1.10 bits per heavy atom. The lowest BCUT2D eigenvalue weighted by atomic mass is 9.95. The van der Waals surface area contributed by atoms with Gasteiger partial charge in [-0.15, -0.1) is 0 Å². The van der Waals surface area contributed by atoms with Crippen molar-refractivity contribution < 1.29 is 26.2 Å². The molecule has 102 valence electrons. The van der Waals surface area contributed by atoms with E-state index in [2.05, 4.69) is 0 Å². The summed E-state index contributed by atoms with van der Waals surface area (Å²) < 4.78 is 13.9. The molecule has 5 heteroatoms. The maximum absolute atomic E-state index is 12.2. The molecule has 2 aromatic carbocycles. The molecule has 2 aromatic rings. The minimum Gasteiger partial charge on any atom is -0.508 e. The Bertz CT molecular complexity index is 726. The number of phenolic OH excluding ortho intramolecular Hbond substituents is 3. The topological polar surface area (TPSA) is 87.0 Å². The van der Waals surface area contributed by atoms with Gasteiger partial charge in [-0.05, 0) is 17.7 Å². The van der Waals surface area contributed by atoms with Crippen LogP contribution in [0.3, 0.4) is 0 Å². The molecule has 5 nitrogen and oxygen atoms in total. The number of hydrogen-bond acceptors (Lipinski definition) is 5. The fourth-order valence-corrected chi connectivity index (χ4v) is 2.16. The van der Waals surface area contributed by atoms with Crippen molar-refractivity contribution in [3.8, 4) is 23.0 Å². The monoisotopic (exact) mass is 273 g/mol. The number of ketones is 1. The quantitative estimate of drug-likeness (QED) is 0.743. The molecule has 0 aliphatic carbocycles. The maximum Gasteiger partial charge on any atom is 0.174 e. The van der Waals surface area contributed by atoms with E-state index in [0.717, 1.165) is 6.07 Å². The van der Waals surface area contributed by atoms with E-state index in [9.17, 15) is 20.1 Å². The molecule has 0 aromatic heterocycles. The molecule has 1 atom stereocenters. The third kappa shape index (κ3) is 2.03. The predicted molar refractivity (Wildman–Crippen MR) is 70.2 cm³/mol. The zero-order chi connectivity index (χ0) is 15.2.